The van der Waals surface area contributed by atoms with Gasteiger partial charge in [-0.15, -0.1) is 0 Å². The van der Waals surface area contributed by atoms with Crippen molar-refractivity contribution in [3.63, 3.8) is 0 Å². The molecule has 92 valence electrons. The maximum atomic E-state index is 2.42. The van der Waals surface area contributed by atoms with Gasteiger partial charge in [0.1, 0.15) is 0 Å². The lowest BCUT2D eigenvalue weighted by molar-refractivity contribution is 0.853. The van der Waals surface area contributed by atoms with E-state index in [4.69, 9.17) is 0 Å². The van der Waals surface area contributed by atoms with E-state index in [-0.39, 0.29) is 0 Å². The number of fused-ring (bicyclic) bond motifs is 3. The van der Waals surface area contributed by atoms with Gasteiger partial charge in [-0.25, -0.2) is 0 Å². The van der Waals surface area contributed by atoms with Gasteiger partial charge in [-0.1, -0.05) is 44.2 Å². The van der Waals surface area contributed by atoms with Gasteiger partial charge in [0, 0.05) is 0 Å². The third-order valence-electron chi connectivity index (χ3n) is 4.37. The van der Waals surface area contributed by atoms with Crippen LogP contribution in [0.2, 0.25) is 0 Å². The fraction of sp³-hybridized carbons (Fsp3) is 0.333. The van der Waals surface area contributed by atoms with E-state index in [0.29, 0.717) is 5.92 Å². The molecule has 1 aliphatic rings. The lowest BCUT2D eigenvalue weighted by Gasteiger charge is -2.16. The lowest BCUT2D eigenvalue weighted by atomic mass is 9.88. The van der Waals surface area contributed by atoms with Crippen molar-refractivity contribution in [1.29, 1.82) is 0 Å². The molecule has 0 saturated carbocycles. The number of hydrogen-bond donors (Lipinski definition) is 0. The fourth-order valence-electron chi connectivity index (χ4n) is 3.19. The molecule has 18 heavy (non-hydrogen) atoms. The molecule has 3 rings (SSSR count). The van der Waals surface area contributed by atoms with Gasteiger partial charge in [-0.2, -0.15) is 0 Å². The minimum Gasteiger partial charge on any atom is -0.0619 e. The molecule has 0 unspecified atom stereocenters. The molecule has 0 amide bonds. The van der Waals surface area contributed by atoms with E-state index in [9.17, 15) is 0 Å². The molecule has 0 fully saturated rings. The van der Waals surface area contributed by atoms with Gasteiger partial charge in [0.15, 0.2) is 0 Å². The van der Waals surface area contributed by atoms with Crippen LogP contribution in [-0.2, 0) is 6.42 Å². The third kappa shape index (κ3) is 1.52. The monoisotopic (exact) mass is 236 g/mol. The summed E-state index contributed by atoms with van der Waals surface area (Å²) in [4.78, 5) is 0. The predicted molar refractivity (Wildman–Crippen MR) is 78.2 cm³/mol. The standard InChI is InChI=1S/C18H20/c1-11(2)16-10-18-15-8-6-5-7-14(15)9-17(18)13(4)12(16)3/h5-8,10-11H,9H2,1-4H3. The molecule has 0 saturated heterocycles. The van der Waals surface area contributed by atoms with Crippen molar-refractivity contribution in [2.75, 3.05) is 0 Å². The van der Waals surface area contributed by atoms with Gasteiger partial charge >= 0.3 is 0 Å². The Labute approximate surface area is 110 Å². The minimum absolute atomic E-state index is 0.599. The van der Waals surface area contributed by atoms with Gasteiger partial charge in [0.25, 0.3) is 0 Å². The molecule has 2 aromatic rings. The van der Waals surface area contributed by atoms with Crippen LogP contribution in [0.4, 0.5) is 0 Å². The second-order valence-corrected chi connectivity index (χ2v) is 5.73. The molecule has 0 atom stereocenters. The van der Waals surface area contributed by atoms with Crippen molar-refractivity contribution < 1.29 is 0 Å². The highest BCUT2D eigenvalue weighted by atomic mass is 14.3. The van der Waals surface area contributed by atoms with E-state index in [1.807, 2.05) is 0 Å². The Morgan fingerprint density at radius 3 is 2.39 bits per heavy atom. The Morgan fingerprint density at radius 1 is 0.944 bits per heavy atom. The molecule has 0 bridgehead atoms. The highest BCUT2D eigenvalue weighted by molar-refractivity contribution is 5.79. The van der Waals surface area contributed by atoms with E-state index in [1.54, 1.807) is 0 Å². The first-order valence-corrected chi connectivity index (χ1v) is 6.81. The van der Waals surface area contributed by atoms with Crippen molar-refractivity contribution in [3.05, 3.63) is 58.1 Å². The first-order valence-electron chi connectivity index (χ1n) is 6.81. The van der Waals surface area contributed by atoms with Crippen LogP contribution in [0.3, 0.4) is 0 Å². The number of hydrogen-bond acceptors (Lipinski definition) is 0. The summed E-state index contributed by atoms with van der Waals surface area (Å²) in [7, 11) is 0. The molecule has 0 aromatic heterocycles. The first-order chi connectivity index (χ1) is 8.59. The van der Waals surface area contributed by atoms with E-state index >= 15 is 0 Å². The molecule has 0 N–H and O–H groups in total. The minimum atomic E-state index is 0.599. The third-order valence-corrected chi connectivity index (χ3v) is 4.37. The molecule has 2 aromatic carbocycles. The van der Waals surface area contributed by atoms with Crippen LogP contribution in [0.5, 0.6) is 0 Å². The van der Waals surface area contributed by atoms with Gasteiger partial charge in [-0.3, -0.25) is 0 Å². The lowest BCUT2D eigenvalue weighted by Crippen LogP contribution is -1.99. The Kier molecular flexibility index (Phi) is 2.55. The van der Waals surface area contributed by atoms with Crippen molar-refractivity contribution in [3.8, 4) is 11.1 Å². The van der Waals surface area contributed by atoms with E-state index in [2.05, 4.69) is 58.0 Å². The summed E-state index contributed by atoms with van der Waals surface area (Å²) >= 11 is 0. The molecule has 0 nitrogen and oxygen atoms in total. The highest BCUT2D eigenvalue weighted by Gasteiger charge is 2.22. The molecule has 0 aliphatic heterocycles. The summed E-state index contributed by atoms with van der Waals surface area (Å²) in [6.45, 7) is 9.13. The van der Waals surface area contributed by atoms with E-state index in [0.717, 1.165) is 6.42 Å². The van der Waals surface area contributed by atoms with Crippen LogP contribution in [0, 0.1) is 13.8 Å². The van der Waals surface area contributed by atoms with E-state index in [1.165, 1.54) is 38.9 Å². The molecular weight excluding hydrogens is 216 g/mol. The fourth-order valence-corrected chi connectivity index (χ4v) is 3.19. The Bertz CT molecular complexity index is 618. The summed E-state index contributed by atoms with van der Waals surface area (Å²) in [6.07, 6.45) is 1.11. The van der Waals surface area contributed by atoms with Crippen LogP contribution in [0.25, 0.3) is 11.1 Å². The molecule has 0 heterocycles. The second kappa shape index (κ2) is 3.98. The van der Waals surface area contributed by atoms with Crippen LogP contribution in [0.15, 0.2) is 30.3 Å². The Balaban J connectivity index is 2.30. The summed E-state index contributed by atoms with van der Waals surface area (Å²) in [5, 5.41) is 0. The topological polar surface area (TPSA) is 0 Å². The van der Waals surface area contributed by atoms with Crippen molar-refractivity contribution >= 4 is 0 Å². The quantitative estimate of drug-likeness (QED) is 0.558. The van der Waals surface area contributed by atoms with Crippen molar-refractivity contribution in [1.82, 2.24) is 0 Å². The van der Waals surface area contributed by atoms with Gasteiger partial charge < -0.3 is 0 Å². The summed E-state index contributed by atoms with van der Waals surface area (Å²) < 4.78 is 0. The zero-order valence-corrected chi connectivity index (χ0v) is 11.7. The summed E-state index contributed by atoms with van der Waals surface area (Å²) in [6, 6.07) is 11.3. The summed E-state index contributed by atoms with van der Waals surface area (Å²) in [5.41, 5.74) is 10.4. The smallest absolute Gasteiger partial charge is 0.00107 e. The van der Waals surface area contributed by atoms with Gasteiger partial charge in [0.2, 0.25) is 0 Å². The zero-order valence-electron chi connectivity index (χ0n) is 11.7. The van der Waals surface area contributed by atoms with Crippen molar-refractivity contribution in [2.24, 2.45) is 0 Å². The SMILES string of the molecule is Cc1c(C(C)C)cc2c(c1C)Cc1ccccc1-2. The molecule has 0 heteroatoms. The zero-order chi connectivity index (χ0) is 12.9. The first kappa shape index (κ1) is 11.5. The summed E-state index contributed by atoms with van der Waals surface area (Å²) in [5.74, 6) is 0.599. The highest BCUT2D eigenvalue weighted by Crippen LogP contribution is 2.41. The largest absolute Gasteiger partial charge is 0.0619 e. The van der Waals surface area contributed by atoms with E-state index < -0.39 is 0 Å². The molecular formula is C18H20. The Morgan fingerprint density at radius 2 is 1.67 bits per heavy atom. The van der Waals surface area contributed by atoms with Crippen molar-refractivity contribution in [2.45, 2.75) is 40.0 Å². The Hall–Kier alpha value is -1.56. The van der Waals surface area contributed by atoms with Crippen LogP contribution >= 0.6 is 0 Å². The number of benzene rings is 2. The van der Waals surface area contributed by atoms with Crippen LogP contribution in [0.1, 0.15) is 47.6 Å². The molecule has 0 spiro atoms. The van der Waals surface area contributed by atoms with Crippen LogP contribution in [-0.4, -0.2) is 0 Å². The van der Waals surface area contributed by atoms with Gasteiger partial charge in [-0.05, 0) is 65.1 Å². The maximum absolute atomic E-state index is 2.42. The van der Waals surface area contributed by atoms with Crippen LogP contribution < -0.4 is 0 Å². The maximum Gasteiger partial charge on any atom is -0.00107 e. The second-order valence-electron chi connectivity index (χ2n) is 5.73. The average molecular weight is 236 g/mol. The average Bonchev–Trinajstić information content (AvgIpc) is 2.72. The molecule has 0 radical (unpaired) electrons. The van der Waals surface area contributed by atoms with Gasteiger partial charge in [0.05, 0.1) is 0 Å². The number of rotatable bonds is 1. The molecule has 1 aliphatic carbocycles. The normalized spacial score (nSPS) is 12.7. The predicted octanol–water partition coefficient (Wildman–Crippen LogP) is 5.00.